The summed E-state index contributed by atoms with van der Waals surface area (Å²) in [6.45, 7) is 8.96. The number of halogens is 1. The monoisotopic (exact) mass is 466 g/mol. The van der Waals surface area contributed by atoms with E-state index in [1.54, 1.807) is 11.3 Å². The SMILES string of the molecule is CCNC(=NCc1ncc(C)s1)N1CCOC(C2CCCO2)C1.I. The molecule has 2 aliphatic heterocycles. The molecule has 3 heterocycles. The Morgan fingerprint density at radius 1 is 1.42 bits per heavy atom. The van der Waals surface area contributed by atoms with Crippen molar-refractivity contribution in [1.29, 1.82) is 0 Å². The molecule has 2 aliphatic rings. The van der Waals surface area contributed by atoms with Crippen molar-refractivity contribution < 1.29 is 9.47 Å². The summed E-state index contributed by atoms with van der Waals surface area (Å²) < 4.78 is 11.7. The zero-order valence-corrected chi connectivity index (χ0v) is 17.5. The van der Waals surface area contributed by atoms with Gasteiger partial charge in [-0.2, -0.15) is 0 Å². The molecule has 2 atom stereocenters. The van der Waals surface area contributed by atoms with Gasteiger partial charge in [-0.25, -0.2) is 9.98 Å². The summed E-state index contributed by atoms with van der Waals surface area (Å²) in [7, 11) is 0. The molecule has 0 aromatic carbocycles. The fraction of sp³-hybridized carbons (Fsp3) is 0.750. The largest absolute Gasteiger partial charge is 0.375 e. The first kappa shape index (κ1) is 19.9. The molecule has 6 nitrogen and oxygen atoms in total. The van der Waals surface area contributed by atoms with E-state index in [0.29, 0.717) is 6.54 Å². The lowest BCUT2D eigenvalue weighted by Gasteiger charge is -2.37. The Balaban J connectivity index is 0.00000208. The van der Waals surface area contributed by atoms with Gasteiger partial charge < -0.3 is 19.7 Å². The van der Waals surface area contributed by atoms with Gasteiger partial charge in [-0.15, -0.1) is 35.3 Å². The third-order valence-electron chi connectivity index (χ3n) is 4.14. The van der Waals surface area contributed by atoms with E-state index in [2.05, 4.69) is 29.0 Å². The van der Waals surface area contributed by atoms with Crippen molar-refractivity contribution in [3.8, 4) is 0 Å². The highest BCUT2D eigenvalue weighted by Crippen LogP contribution is 2.21. The van der Waals surface area contributed by atoms with Crippen molar-refractivity contribution in [2.45, 2.75) is 45.4 Å². The predicted molar refractivity (Wildman–Crippen MR) is 107 cm³/mol. The standard InChI is InChI=1S/C16H26N4O2S.HI/c1-3-17-16(19-10-15-18-9-12(2)23-15)20-6-8-22-14(11-20)13-5-4-7-21-13;/h9,13-14H,3-8,10-11H2,1-2H3,(H,17,19);1H. The molecule has 1 aromatic rings. The molecule has 0 bridgehead atoms. The maximum absolute atomic E-state index is 5.93. The predicted octanol–water partition coefficient (Wildman–Crippen LogP) is 2.41. The van der Waals surface area contributed by atoms with E-state index >= 15 is 0 Å². The van der Waals surface area contributed by atoms with Crippen LogP contribution in [0.3, 0.4) is 0 Å². The maximum atomic E-state index is 5.93. The lowest BCUT2D eigenvalue weighted by Crippen LogP contribution is -2.53. The van der Waals surface area contributed by atoms with Crippen LogP contribution >= 0.6 is 35.3 Å². The number of aliphatic imine (C=N–C) groups is 1. The molecule has 0 spiro atoms. The van der Waals surface area contributed by atoms with Gasteiger partial charge in [0.15, 0.2) is 5.96 Å². The average molecular weight is 466 g/mol. The molecular formula is C16H27IN4O2S. The highest BCUT2D eigenvalue weighted by molar-refractivity contribution is 14.0. The molecule has 2 unspecified atom stereocenters. The van der Waals surface area contributed by atoms with Crippen molar-refractivity contribution in [2.24, 2.45) is 4.99 Å². The van der Waals surface area contributed by atoms with Crippen LogP contribution in [0.15, 0.2) is 11.2 Å². The minimum absolute atomic E-state index is 0. The lowest BCUT2D eigenvalue weighted by molar-refractivity contribution is -0.0817. The number of aromatic nitrogens is 1. The summed E-state index contributed by atoms with van der Waals surface area (Å²) in [5.41, 5.74) is 0. The summed E-state index contributed by atoms with van der Waals surface area (Å²) in [5, 5.41) is 4.45. The molecule has 0 amide bonds. The molecule has 0 aliphatic carbocycles. The van der Waals surface area contributed by atoms with Crippen LogP contribution in [0.1, 0.15) is 29.7 Å². The molecule has 8 heteroatoms. The van der Waals surface area contributed by atoms with Gasteiger partial charge in [0.05, 0.1) is 19.3 Å². The van der Waals surface area contributed by atoms with Crippen LogP contribution in [0, 0.1) is 6.92 Å². The van der Waals surface area contributed by atoms with E-state index in [1.165, 1.54) is 4.88 Å². The van der Waals surface area contributed by atoms with Crippen molar-refractivity contribution in [1.82, 2.24) is 15.2 Å². The van der Waals surface area contributed by atoms with Crippen LogP contribution in [0.5, 0.6) is 0 Å². The van der Waals surface area contributed by atoms with Crippen molar-refractivity contribution in [3.05, 3.63) is 16.1 Å². The van der Waals surface area contributed by atoms with Crippen LogP contribution in [-0.4, -0.2) is 60.9 Å². The van der Waals surface area contributed by atoms with Crippen LogP contribution < -0.4 is 5.32 Å². The van der Waals surface area contributed by atoms with E-state index < -0.39 is 0 Å². The highest BCUT2D eigenvalue weighted by Gasteiger charge is 2.32. The number of aryl methyl sites for hydroxylation is 1. The Hall–Kier alpha value is -0.450. The second kappa shape index (κ2) is 9.88. The number of morpholine rings is 1. The highest BCUT2D eigenvalue weighted by atomic mass is 127. The molecule has 1 aromatic heterocycles. The Kier molecular flexibility index (Phi) is 8.18. The Morgan fingerprint density at radius 2 is 2.25 bits per heavy atom. The number of thiazole rings is 1. The fourth-order valence-electron chi connectivity index (χ4n) is 3.03. The molecule has 1 N–H and O–H groups in total. The summed E-state index contributed by atoms with van der Waals surface area (Å²) in [4.78, 5) is 12.7. The minimum Gasteiger partial charge on any atom is -0.375 e. The molecule has 24 heavy (non-hydrogen) atoms. The summed E-state index contributed by atoms with van der Waals surface area (Å²) in [6.07, 6.45) is 4.54. The van der Waals surface area contributed by atoms with E-state index in [0.717, 1.165) is 56.7 Å². The zero-order valence-electron chi connectivity index (χ0n) is 14.4. The van der Waals surface area contributed by atoms with Crippen molar-refractivity contribution in [2.75, 3.05) is 32.8 Å². The lowest BCUT2D eigenvalue weighted by atomic mass is 10.1. The molecule has 2 fully saturated rings. The van der Waals surface area contributed by atoms with E-state index in [-0.39, 0.29) is 36.2 Å². The molecule has 0 radical (unpaired) electrons. The normalized spacial score (nSPS) is 24.8. The van der Waals surface area contributed by atoms with Gasteiger partial charge in [0.1, 0.15) is 11.1 Å². The molecule has 3 rings (SSSR count). The van der Waals surface area contributed by atoms with E-state index in [4.69, 9.17) is 14.5 Å². The first-order chi connectivity index (χ1) is 11.3. The van der Waals surface area contributed by atoms with Gasteiger partial charge >= 0.3 is 0 Å². The minimum atomic E-state index is 0. The Bertz CT molecular complexity index is 534. The van der Waals surface area contributed by atoms with Gasteiger partial charge in [-0.1, -0.05) is 0 Å². The van der Waals surface area contributed by atoms with Crippen LogP contribution in [0.25, 0.3) is 0 Å². The number of ether oxygens (including phenoxy) is 2. The number of hydrogen-bond donors (Lipinski definition) is 1. The van der Waals surface area contributed by atoms with Crippen LogP contribution in [0.2, 0.25) is 0 Å². The quantitative estimate of drug-likeness (QED) is 0.420. The second-order valence-corrected chi connectivity index (χ2v) is 7.26. The van der Waals surface area contributed by atoms with Gasteiger partial charge in [0.2, 0.25) is 0 Å². The summed E-state index contributed by atoms with van der Waals surface area (Å²) >= 11 is 1.71. The molecule has 136 valence electrons. The van der Waals surface area contributed by atoms with Crippen LogP contribution in [-0.2, 0) is 16.0 Å². The van der Waals surface area contributed by atoms with Gasteiger partial charge in [0.25, 0.3) is 0 Å². The van der Waals surface area contributed by atoms with Crippen molar-refractivity contribution in [3.63, 3.8) is 0 Å². The first-order valence-corrected chi connectivity index (χ1v) is 9.25. The summed E-state index contributed by atoms with van der Waals surface area (Å²) in [5.74, 6) is 0.951. The first-order valence-electron chi connectivity index (χ1n) is 8.44. The molecule has 2 saturated heterocycles. The van der Waals surface area contributed by atoms with Crippen molar-refractivity contribution >= 4 is 41.3 Å². The molecule has 0 saturated carbocycles. The number of guanidine groups is 1. The Labute approximate surface area is 165 Å². The zero-order chi connectivity index (χ0) is 16.1. The third kappa shape index (κ3) is 5.27. The topological polar surface area (TPSA) is 59.0 Å². The maximum Gasteiger partial charge on any atom is 0.194 e. The third-order valence-corrected chi connectivity index (χ3v) is 5.04. The number of nitrogens with zero attached hydrogens (tertiary/aromatic N) is 3. The van der Waals surface area contributed by atoms with E-state index in [1.807, 2.05) is 6.20 Å². The smallest absolute Gasteiger partial charge is 0.194 e. The van der Waals surface area contributed by atoms with Gasteiger partial charge in [0, 0.05) is 37.3 Å². The van der Waals surface area contributed by atoms with Gasteiger partial charge in [-0.05, 0) is 26.7 Å². The van der Waals surface area contributed by atoms with E-state index in [9.17, 15) is 0 Å². The second-order valence-electron chi connectivity index (χ2n) is 5.94. The van der Waals surface area contributed by atoms with Gasteiger partial charge in [-0.3, -0.25) is 0 Å². The molecular weight excluding hydrogens is 439 g/mol. The summed E-state index contributed by atoms with van der Waals surface area (Å²) in [6, 6.07) is 0. The number of rotatable bonds is 4. The number of hydrogen-bond acceptors (Lipinski definition) is 5. The van der Waals surface area contributed by atoms with Crippen LogP contribution in [0.4, 0.5) is 0 Å². The fourth-order valence-corrected chi connectivity index (χ4v) is 3.74. The Morgan fingerprint density at radius 3 is 2.92 bits per heavy atom. The number of nitrogens with one attached hydrogen (secondary N) is 1. The average Bonchev–Trinajstić information content (AvgIpc) is 3.23.